The van der Waals surface area contributed by atoms with Crippen LogP contribution in [0.15, 0.2) is 51.9 Å². The van der Waals surface area contributed by atoms with Crippen LogP contribution in [0.3, 0.4) is 0 Å². The largest absolute Gasteiger partial charge is 0.334 e. The minimum atomic E-state index is -0.103. The number of carbonyl (C=O) groups is 1. The fraction of sp³-hybridized carbons (Fsp3) is 0.250. The monoisotopic (exact) mass is 401 g/mol. The topological polar surface area (TPSA) is 68.0 Å². The molecule has 1 aromatic heterocycles. The number of aryl methyl sites for hydroxylation is 1. The van der Waals surface area contributed by atoms with Crippen LogP contribution in [0.2, 0.25) is 5.02 Å². The highest BCUT2D eigenvalue weighted by atomic mass is 35.5. The first-order chi connectivity index (χ1) is 12.9. The van der Waals surface area contributed by atoms with E-state index in [4.69, 9.17) is 16.1 Å². The van der Waals surface area contributed by atoms with Gasteiger partial charge in [-0.25, -0.2) is 0 Å². The molecule has 7 heteroatoms. The van der Waals surface area contributed by atoms with Crippen LogP contribution in [-0.2, 0) is 4.79 Å². The first-order valence-corrected chi connectivity index (χ1v) is 9.92. The number of anilines is 1. The summed E-state index contributed by atoms with van der Waals surface area (Å²) >= 11 is 7.34. The Hall–Kier alpha value is -2.31. The summed E-state index contributed by atoms with van der Waals surface area (Å²) in [6, 6.07) is 13.1. The maximum absolute atomic E-state index is 12.5. The van der Waals surface area contributed by atoms with Crippen LogP contribution in [0.25, 0.3) is 11.5 Å². The Labute approximate surface area is 167 Å². The third-order valence-electron chi connectivity index (χ3n) is 3.91. The van der Waals surface area contributed by atoms with Gasteiger partial charge in [0.1, 0.15) is 0 Å². The second-order valence-corrected chi connectivity index (χ2v) is 7.89. The Balaban J connectivity index is 1.75. The van der Waals surface area contributed by atoms with E-state index >= 15 is 0 Å². The molecule has 0 radical (unpaired) electrons. The molecule has 0 aliphatic carbocycles. The van der Waals surface area contributed by atoms with Crippen molar-refractivity contribution in [3.63, 3.8) is 0 Å². The van der Waals surface area contributed by atoms with Crippen molar-refractivity contribution in [1.29, 1.82) is 0 Å². The van der Waals surface area contributed by atoms with Gasteiger partial charge in [-0.15, -0.1) is 11.8 Å². The van der Waals surface area contributed by atoms with Gasteiger partial charge in [0.15, 0.2) is 5.82 Å². The summed E-state index contributed by atoms with van der Waals surface area (Å²) in [6.07, 6.45) is 0. The molecular formula is C20H20ClN3O2S. The zero-order valence-electron chi connectivity index (χ0n) is 15.3. The minimum absolute atomic E-state index is 0.103. The molecule has 0 atom stereocenters. The second-order valence-electron chi connectivity index (χ2n) is 6.40. The summed E-state index contributed by atoms with van der Waals surface area (Å²) in [5.74, 6) is 1.40. The molecule has 2 aromatic carbocycles. The van der Waals surface area contributed by atoms with E-state index in [1.807, 2.05) is 63.2 Å². The molecule has 0 aliphatic heterocycles. The molecule has 1 amide bonds. The number of amides is 1. The van der Waals surface area contributed by atoms with Gasteiger partial charge < -0.3 is 9.84 Å². The fourth-order valence-electron chi connectivity index (χ4n) is 2.45. The van der Waals surface area contributed by atoms with E-state index in [9.17, 15) is 4.79 Å². The highest BCUT2D eigenvalue weighted by molar-refractivity contribution is 8.00. The molecule has 3 aromatic rings. The Morgan fingerprint density at radius 3 is 2.63 bits per heavy atom. The number of aromatic nitrogens is 2. The molecule has 0 fully saturated rings. The first-order valence-electron chi connectivity index (χ1n) is 8.56. The van der Waals surface area contributed by atoms with Gasteiger partial charge >= 0.3 is 0 Å². The van der Waals surface area contributed by atoms with Gasteiger partial charge in [0.25, 0.3) is 5.89 Å². The number of carbonyl (C=O) groups excluding carboxylic acids is 1. The number of halogens is 1. The third-order valence-corrected chi connectivity index (χ3v) is 5.17. The molecule has 1 N–H and O–H groups in total. The van der Waals surface area contributed by atoms with E-state index in [-0.39, 0.29) is 17.6 Å². The molecule has 27 heavy (non-hydrogen) atoms. The summed E-state index contributed by atoms with van der Waals surface area (Å²) < 4.78 is 5.40. The lowest BCUT2D eigenvalue weighted by atomic mass is 10.1. The van der Waals surface area contributed by atoms with Crippen LogP contribution in [0.5, 0.6) is 0 Å². The third kappa shape index (κ3) is 4.90. The maximum atomic E-state index is 12.5. The fourth-order valence-corrected chi connectivity index (χ4v) is 3.27. The number of rotatable bonds is 6. The lowest BCUT2D eigenvalue weighted by molar-refractivity contribution is -0.113. The predicted molar refractivity (Wildman–Crippen MR) is 109 cm³/mol. The molecule has 0 saturated carbocycles. The quantitative estimate of drug-likeness (QED) is 0.548. The Morgan fingerprint density at radius 1 is 1.22 bits per heavy atom. The van der Waals surface area contributed by atoms with E-state index in [1.165, 1.54) is 11.8 Å². The van der Waals surface area contributed by atoms with Crippen molar-refractivity contribution >= 4 is 35.0 Å². The number of benzene rings is 2. The molecule has 0 unspecified atom stereocenters. The zero-order valence-corrected chi connectivity index (χ0v) is 16.9. The highest BCUT2D eigenvalue weighted by Crippen LogP contribution is 2.31. The van der Waals surface area contributed by atoms with Gasteiger partial charge in [-0.2, -0.15) is 4.98 Å². The molecule has 0 spiro atoms. The summed E-state index contributed by atoms with van der Waals surface area (Å²) in [5, 5.41) is 7.67. The van der Waals surface area contributed by atoms with Crippen LogP contribution in [-0.4, -0.2) is 21.8 Å². The van der Waals surface area contributed by atoms with Crippen molar-refractivity contribution in [1.82, 2.24) is 10.1 Å². The van der Waals surface area contributed by atoms with Crippen LogP contribution in [0, 0.1) is 6.92 Å². The van der Waals surface area contributed by atoms with Crippen molar-refractivity contribution in [2.24, 2.45) is 0 Å². The average molecular weight is 402 g/mol. The van der Waals surface area contributed by atoms with Crippen molar-refractivity contribution in [2.75, 3.05) is 11.1 Å². The molecule has 1 heterocycles. The van der Waals surface area contributed by atoms with E-state index in [0.717, 1.165) is 16.0 Å². The van der Waals surface area contributed by atoms with E-state index < -0.39 is 0 Å². The van der Waals surface area contributed by atoms with Gasteiger partial charge in [0.2, 0.25) is 5.91 Å². The Morgan fingerprint density at radius 2 is 1.96 bits per heavy atom. The molecule has 140 valence electrons. The standard InChI is InChI=1S/C20H20ClN3O2S/c1-12(2)19-23-20(26-24-19)16-6-4-5-13(3)18(16)22-17(25)11-27-15-9-7-14(21)8-10-15/h4-10,12H,11H2,1-3H3,(H,22,25). The number of thioether (sulfide) groups is 1. The predicted octanol–water partition coefficient (Wildman–Crippen LogP) is 5.55. The summed E-state index contributed by atoms with van der Waals surface area (Å²) in [4.78, 5) is 17.9. The van der Waals surface area contributed by atoms with Crippen LogP contribution in [0.1, 0.15) is 31.2 Å². The minimum Gasteiger partial charge on any atom is -0.334 e. The van der Waals surface area contributed by atoms with Crippen molar-refractivity contribution < 1.29 is 9.32 Å². The first kappa shape index (κ1) is 19.5. The van der Waals surface area contributed by atoms with Crippen LogP contribution < -0.4 is 5.32 Å². The van der Waals surface area contributed by atoms with Crippen molar-refractivity contribution in [3.05, 3.63) is 58.9 Å². The summed E-state index contributed by atoms with van der Waals surface area (Å²) in [5.41, 5.74) is 2.35. The average Bonchev–Trinajstić information content (AvgIpc) is 3.13. The number of nitrogens with zero attached hydrogens (tertiary/aromatic N) is 2. The SMILES string of the molecule is Cc1cccc(-c2nc(C(C)C)no2)c1NC(=O)CSc1ccc(Cl)cc1. The maximum Gasteiger partial charge on any atom is 0.260 e. The molecule has 0 aliphatic rings. The molecule has 0 saturated heterocycles. The molecule has 0 bridgehead atoms. The number of hydrogen-bond donors (Lipinski definition) is 1. The Kier molecular flexibility index (Phi) is 6.19. The zero-order chi connectivity index (χ0) is 19.4. The highest BCUT2D eigenvalue weighted by Gasteiger charge is 2.17. The van der Waals surface area contributed by atoms with Crippen molar-refractivity contribution in [2.45, 2.75) is 31.6 Å². The van der Waals surface area contributed by atoms with Crippen LogP contribution in [0.4, 0.5) is 5.69 Å². The Bertz CT molecular complexity index is 939. The lowest BCUT2D eigenvalue weighted by Crippen LogP contribution is -2.15. The van der Waals surface area contributed by atoms with Gasteiger partial charge in [-0.05, 0) is 42.8 Å². The number of para-hydroxylation sites is 1. The van der Waals surface area contributed by atoms with Crippen molar-refractivity contribution in [3.8, 4) is 11.5 Å². The smallest absolute Gasteiger partial charge is 0.260 e. The second kappa shape index (κ2) is 8.59. The van der Waals surface area contributed by atoms with Gasteiger partial charge in [0.05, 0.1) is 17.0 Å². The van der Waals surface area contributed by atoms with Crippen LogP contribution >= 0.6 is 23.4 Å². The molecular weight excluding hydrogens is 382 g/mol. The van der Waals surface area contributed by atoms with Gasteiger partial charge in [0, 0.05) is 15.8 Å². The lowest BCUT2D eigenvalue weighted by Gasteiger charge is -2.11. The van der Waals surface area contributed by atoms with Gasteiger partial charge in [-0.3, -0.25) is 4.79 Å². The van der Waals surface area contributed by atoms with E-state index in [0.29, 0.717) is 22.4 Å². The number of hydrogen-bond acceptors (Lipinski definition) is 5. The summed E-state index contributed by atoms with van der Waals surface area (Å²) in [6.45, 7) is 5.94. The normalized spacial score (nSPS) is 11.0. The summed E-state index contributed by atoms with van der Waals surface area (Å²) in [7, 11) is 0. The van der Waals surface area contributed by atoms with Gasteiger partial charge in [-0.1, -0.05) is 42.7 Å². The number of nitrogens with one attached hydrogen (secondary N) is 1. The molecule has 5 nitrogen and oxygen atoms in total. The van der Waals surface area contributed by atoms with E-state index in [1.54, 1.807) is 0 Å². The molecule has 3 rings (SSSR count). The van der Waals surface area contributed by atoms with E-state index in [2.05, 4.69) is 15.5 Å².